The summed E-state index contributed by atoms with van der Waals surface area (Å²) >= 11 is 0. The number of fused-ring (bicyclic) bond motifs is 1. The van der Waals surface area contributed by atoms with Gasteiger partial charge in [0.2, 0.25) is 0 Å². The van der Waals surface area contributed by atoms with Gasteiger partial charge in [0, 0.05) is 13.0 Å². The molecule has 0 saturated carbocycles. The van der Waals surface area contributed by atoms with Crippen molar-refractivity contribution >= 4 is 6.09 Å². The summed E-state index contributed by atoms with van der Waals surface area (Å²) in [6, 6.07) is 9.15. The third kappa shape index (κ3) is 4.28. The van der Waals surface area contributed by atoms with Crippen molar-refractivity contribution in [3.05, 3.63) is 47.5 Å². The number of aryl methyl sites for hydroxylation is 1. The maximum Gasteiger partial charge on any atom is 0.407 e. The van der Waals surface area contributed by atoms with Crippen LogP contribution in [0.1, 0.15) is 23.6 Å². The summed E-state index contributed by atoms with van der Waals surface area (Å²) in [5, 5.41) is 10.3. The third-order valence-corrected chi connectivity index (χ3v) is 4.09. The minimum atomic E-state index is -4.25. The number of nitrogens with zero attached hydrogens (tertiary/aromatic N) is 3. The number of rotatable bonds is 4. The summed E-state index contributed by atoms with van der Waals surface area (Å²) in [4.78, 5) is 11.7. The van der Waals surface area contributed by atoms with Gasteiger partial charge in [0.05, 0.1) is 12.5 Å². The second-order valence-corrected chi connectivity index (χ2v) is 5.84. The standard InChI is InChI=1S/C16H17F3N4O2/c17-16(18,19)12-6-7-13-21-22-14(23(13)9-12)8-20-15(24)25-10-11-4-2-1-3-5-11/h1-5,12H,6-10H2,(H,20,24)/t12-/m0/s1. The van der Waals surface area contributed by atoms with Gasteiger partial charge in [-0.2, -0.15) is 13.2 Å². The van der Waals surface area contributed by atoms with E-state index in [0.29, 0.717) is 11.6 Å². The molecule has 0 radical (unpaired) electrons. The van der Waals surface area contributed by atoms with Crippen molar-refractivity contribution in [1.82, 2.24) is 20.1 Å². The first-order chi connectivity index (χ1) is 11.9. The van der Waals surface area contributed by atoms with Crippen LogP contribution in [0.4, 0.5) is 18.0 Å². The lowest BCUT2D eigenvalue weighted by molar-refractivity contribution is -0.182. The highest BCUT2D eigenvalue weighted by Crippen LogP contribution is 2.34. The summed E-state index contributed by atoms with van der Waals surface area (Å²) in [5.74, 6) is -0.615. The van der Waals surface area contributed by atoms with Gasteiger partial charge >= 0.3 is 12.3 Å². The molecule has 1 N–H and O–H groups in total. The van der Waals surface area contributed by atoms with Crippen LogP contribution >= 0.6 is 0 Å². The van der Waals surface area contributed by atoms with Crippen LogP contribution < -0.4 is 5.32 Å². The number of alkyl carbamates (subject to hydrolysis) is 1. The Morgan fingerprint density at radius 2 is 2.04 bits per heavy atom. The van der Waals surface area contributed by atoms with Crippen molar-refractivity contribution in [3.63, 3.8) is 0 Å². The number of aromatic nitrogens is 3. The van der Waals surface area contributed by atoms with E-state index >= 15 is 0 Å². The maximum atomic E-state index is 12.9. The van der Waals surface area contributed by atoms with Crippen LogP contribution in [0.2, 0.25) is 0 Å². The molecule has 1 amide bonds. The Balaban J connectivity index is 1.54. The number of nitrogens with one attached hydrogen (secondary N) is 1. The highest BCUT2D eigenvalue weighted by atomic mass is 19.4. The molecule has 2 aromatic rings. The summed E-state index contributed by atoms with van der Waals surface area (Å²) in [7, 11) is 0. The van der Waals surface area contributed by atoms with Crippen molar-refractivity contribution in [2.45, 2.75) is 38.7 Å². The third-order valence-electron chi connectivity index (χ3n) is 4.09. The number of amides is 1. The molecule has 25 heavy (non-hydrogen) atoms. The quantitative estimate of drug-likeness (QED) is 0.917. The molecule has 3 rings (SSSR count). The van der Waals surface area contributed by atoms with Crippen LogP contribution in [-0.2, 0) is 30.9 Å². The Hall–Kier alpha value is -2.58. The van der Waals surface area contributed by atoms with Gasteiger partial charge in [-0.1, -0.05) is 30.3 Å². The highest BCUT2D eigenvalue weighted by Gasteiger charge is 2.42. The first-order valence-electron chi connectivity index (χ1n) is 7.85. The van der Waals surface area contributed by atoms with E-state index < -0.39 is 18.2 Å². The summed E-state index contributed by atoms with van der Waals surface area (Å²) in [6.07, 6.45) is -4.69. The lowest BCUT2D eigenvalue weighted by Crippen LogP contribution is -2.34. The average Bonchev–Trinajstić information content (AvgIpc) is 3.00. The molecule has 1 aliphatic rings. The molecule has 9 heteroatoms. The zero-order chi connectivity index (χ0) is 17.9. The topological polar surface area (TPSA) is 69.0 Å². The summed E-state index contributed by atoms with van der Waals surface area (Å²) in [5.41, 5.74) is 0.838. The van der Waals surface area contributed by atoms with Crippen LogP contribution in [0, 0.1) is 5.92 Å². The molecule has 6 nitrogen and oxygen atoms in total. The van der Waals surface area contributed by atoms with E-state index in [4.69, 9.17) is 4.74 Å². The molecule has 1 aromatic heterocycles. The fraction of sp³-hybridized carbons (Fsp3) is 0.438. The van der Waals surface area contributed by atoms with Crippen LogP contribution in [0.5, 0.6) is 0 Å². The van der Waals surface area contributed by atoms with Gasteiger partial charge < -0.3 is 14.6 Å². The molecule has 0 aliphatic carbocycles. The lowest BCUT2D eigenvalue weighted by Gasteiger charge is -2.26. The molecule has 1 aromatic carbocycles. The number of hydrogen-bond donors (Lipinski definition) is 1. The van der Waals surface area contributed by atoms with Crippen LogP contribution in [0.25, 0.3) is 0 Å². The first-order valence-corrected chi connectivity index (χ1v) is 7.85. The van der Waals surface area contributed by atoms with Gasteiger partial charge in [-0.3, -0.25) is 0 Å². The molecule has 1 aliphatic heterocycles. The van der Waals surface area contributed by atoms with Gasteiger partial charge in [0.1, 0.15) is 12.4 Å². The van der Waals surface area contributed by atoms with Crippen molar-refractivity contribution in [2.24, 2.45) is 5.92 Å². The molecule has 1 atom stereocenters. The molecule has 0 unspecified atom stereocenters. The van der Waals surface area contributed by atoms with E-state index in [2.05, 4.69) is 15.5 Å². The normalized spacial score (nSPS) is 17.0. The first kappa shape index (κ1) is 17.2. The highest BCUT2D eigenvalue weighted by molar-refractivity contribution is 5.67. The summed E-state index contributed by atoms with van der Waals surface area (Å²) < 4.78 is 45.2. The Morgan fingerprint density at radius 3 is 2.76 bits per heavy atom. The average molecular weight is 354 g/mol. The number of hydrogen-bond acceptors (Lipinski definition) is 4. The second-order valence-electron chi connectivity index (χ2n) is 5.84. The van der Waals surface area contributed by atoms with Crippen molar-refractivity contribution in [1.29, 1.82) is 0 Å². The fourth-order valence-electron chi connectivity index (χ4n) is 2.71. The largest absolute Gasteiger partial charge is 0.445 e. The van der Waals surface area contributed by atoms with E-state index in [1.54, 1.807) is 0 Å². The van der Waals surface area contributed by atoms with Crippen LogP contribution in [-0.4, -0.2) is 27.0 Å². The van der Waals surface area contributed by atoms with Crippen LogP contribution in [0.15, 0.2) is 30.3 Å². The lowest BCUT2D eigenvalue weighted by atomic mass is 9.99. The van der Waals surface area contributed by atoms with Crippen molar-refractivity contribution in [3.8, 4) is 0 Å². The number of carbonyl (C=O) groups excluding carboxylic acids is 1. The predicted molar refractivity (Wildman–Crippen MR) is 81.4 cm³/mol. The monoisotopic (exact) mass is 354 g/mol. The van der Waals surface area contributed by atoms with Crippen LogP contribution in [0.3, 0.4) is 0 Å². The Labute approximate surface area is 142 Å². The van der Waals surface area contributed by atoms with Gasteiger partial charge in [-0.05, 0) is 12.0 Å². The number of benzene rings is 1. The molecule has 0 saturated heterocycles. The van der Waals surface area contributed by atoms with Gasteiger partial charge in [0.25, 0.3) is 0 Å². The van der Waals surface area contributed by atoms with Gasteiger partial charge in [-0.25, -0.2) is 4.79 Å². The predicted octanol–water partition coefficient (Wildman–Crippen LogP) is 2.83. The number of carbonyl (C=O) groups is 1. The minimum absolute atomic E-state index is 0.00811. The number of alkyl halides is 3. The zero-order valence-corrected chi connectivity index (χ0v) is 13.3. The molecule has 2 heterocycles. The van der Waals surface area contributed by atoms with Crippen molar-refractivity contribution in [2.75, 3.05) is 0 Å². The SMILES string of the molecule is O=C(NCc1nnc2n1C[C@@H](C(F)(F)F)CC2)OCc1ccccc1. The van der Waals surface area contributed by atoms with E-state index in [0.717, 1.165) is 5.56 Å². The molecule has 134 valence electrons. The van der Waals surface area contributed by atoms with E-state index in [1.165, 1.54) is 4.57 Å². The van der Waals surface area contributed by atoms with Gasteiger partial charge in [-0.15, -0.1) is 10.2 Å². The Bertz CT molecular complexity index is 731. The number of halogens is 3. The molecule has 0 bridgehead atoms. The van der Waals surface area contributed by atoms with E-state index in [1.807, 2.05) is 30.3 Å². The van der Waals surface area contributed by atoms with Gasteiger partial charge in [0.15, 0.2) is 5.82 Å². The fourth-order valence-corrected chi connectivity index (χ4v) is 2.71. The minimum Gasteiger partial charge on any atom is -0.445 e. The summed E-state index contributed by atoms with van der Waals surface area (Å²) in [6.45, 7) is -0.145. The second kappa shape index (κ2) is 7.12. The van der Waals surface area contributed by atoms with E-state index in [-0.39, 0.29) is 32.5 Å². The zero-order valence-electron chi connectivity index (χ0n) is 13.3. The Kier molecular flexibility index (Phi) is 4.91. The number of ether oxygens (including phenoxy) is 1. The smallest absolute Gasteiger partial charge is 0.407 e. The van der Waals surface area contributed by atoms with E-state index in [9.17, 15) is 18.0 Å². The maximum absolute atomic E-state index is 12.9. The van der Waals surface area contributed by atoms with Crippen molar-refractivity contribution < 1.29 is 22.7 Å². The molecular formula is C16H17F3N4O2. The Morgan fingerprint density at radius 1 is 1.28 bits per heavy atom. The molecular weight excluding hydrogens is 337 g/mol. The molecule has 0 spiro atoms. The molecule has 0 fully saturated rings.